The fourth-order valence-corrected chi connectivity index (χ4v) is 3.54. The number of carbonyl (C=O) groups excluding carboxylic acids is 1. The van der Waals surface area contributed by atoms with Crippen molar-refractivity contribution >= 4 is 11.7 Å². The lowest BCUT2D eigenvalue weighted by atomic mass is 9.75. The lowest BCUT2D eigenvalue weighted by molar-refractivity contribution is 0.0515. The molecule has 0 aromatic carbocycles. The lowest BCUT2D eigenvalue weighted by Crippen LogP contribution is -2.45. The summed E-state index contributed by atoms with van der Waals surface area (Å²) in [5.41, 5.74) is 0.450. The highest BCUT2D eigenvalue weighted by atomic mass is 16.2. The Kier molecular flexibility index (Phi) is 3.85. The first-order valence-corrected chi connectivity index (χ1v) is 7.57. The third-order valence-corrected chi connectivity index (χ3v) is 4.69. The average molecular weight is 274 g/mol. The highest BCUT2D eigenvalue weighted by Gasteiger charge is 2.33. The Morgan fingerprint density at radius 1 is 1.25 bits per heavy atom. The Hall–Kier alpha value is -1.65. The van der Waals surface area contributed by atoms with E-state index in [1.54, 1.807) is 19.4 Å². The van der Waals surface area contributed by atoms with E-state index in [-0.39, 0.29) is 5.91 Å². The Morgan fingerprint density at radius 3 is 2.85 bits per heavy atom. The molecule has 2 fully saturated rings. The van der Waals surface area contributed by atoms with E-state index in [0.717, 1.165) is 25.4 Å². The maximum absolute atomic E-state index is 12.5. The lowest BCUT2D eigenvalue weighted by Gasteiger charge is -2.41. The first-order chi connectivity index (χ1) is 9.78. The molecule has 108 valence electrons. The molecule has 1 aliphatic carbocycles. The van der Waals surface area contributed by atoms with Gasteiger partial charge in [0.1, 0.15) is 11.5 Å². The van der Waals surface area contributed by atoms with Crippen molar-refractivity contribution in [3.8, 4) is 0 Å². The van der Waals surface area contributed by atoms with Crippen molar-refractivity contribution < 1.29 is 4.79 Å². The van der Waals surface area contributed by atoms with Crippen LogP contribution in [0.15, 0.2) is 12.4 Å². The molecule has 20 heavy (non-hydrogen) atoms. The van der Waals surface area contributed by atoms with Crippen LogP contribution >= 0.6 is 0 Å². The molecule has 1 N–H and O–H groups in total. The van der Waals surface area contributed by atoms with Crippen molar-refractivity contribution in [2.24, 2.45) is 11.8 Å². The van der Waals surface area contributed by atoms with E-state index in [9.17, 15) is 4.79 Å². The number of likely N-dealkylation sites (tertiary alicyclic amines) is 1. The summed E-state index contributed by atoms with van der Waals surface area (Å²) in [4.78, 5) is 22.9. The van der Waals surface area contributed by atoms with Gasteiger partial charge in [-0.05, 0) is 24.7 Å². The van der Waals surface area contributed by atoms with Crippen molar-refractivity contribution in [1.82, 2.24) is 14.9 Å². The van der Waals surface area contributed by atoms with Crippen LogP contribution in [0.2, 0.25) is 0 Å². The van der Waals surface area contributed by atoms with Gasteiger partial charge >= 0.3 is 0 Å². The van der Waals surface area contributed by atoms with Crippen LogP contribution in [0.25, 0.3) is 0 Å². The first-order valence-electron chi connectivity index (χ1n) is 7.57. The monoisotopic (exact) mass is 274 g/mol. The van der Waals surface area contributed by atoms with Gasteiger partial charge < -0.3 is 10.2 Å². The number of carbonyl (C=O) groups is 1. The van der Waals surface area contributed by atoms with E-state index in [4.69, 9.17) is 0 Å². The number of nitrogens with one attached hydrogen (secondary N) is 1. The van der Waals surface area contributed by atoms with Crippen molar-refractivity contribution in [3.63, 3.8) is 0 Å². The number of nitrogens with zero attached hydrogens (tertiary/aromatic N) is 3. The number of fused-ring (bicyclic) bond motifs is 1. The zero-order valence-corrected chi connectivity index (χ0v) is 12.0. The molecule has 2 heterocycles. The Morgan fingerprint density at radius 2 is 2.05 bits per heavy atom. The van der Waals surface area contributed by atoms with Gasteiger partial charge in [0.2, 0.25) is 0 Å². The van der Waals surface area contributed by atoms with Gasteiger partial charge in [0.15, 0.2) is 0 Å². The van der Waals surface area contributed by atoms with Crippen molar-refractivity contribution in [1.29, 1.82) is 0 Å². The number of aromatic nitrogens is 2. The number of rotatable bonds is 2. The molecule has 2 atom stereocenters. The minimum Gasteiger partial charge on any atom is -0.372 e. The molecule has 1 saturated heterocycles. The normalized spacial score (nSPS) is 25.9. The number of hydrogen-bond acceptors (Lipinski definition) is 4. The van der Waals surface area contributed by atoms with E-state index in [2.05, 4.69) is 15.3 Å². The third kappa shape index (κ3) is 2.62. The topological polar surface area (TPSA) is 58.1 Å². The van der Waals surface area contributed by atoms with Gasteiger partial charge in [-0.1, -0.05) is 19.3 Å². The maximum atomic E-state index is 12.5. The van der Waals surface area contributed by atoms with Gasteiger partial charge in [0.25, 0.3) is 5.91 Å². The molecule has 5 heteroatoms. The predicted octanol–water partition coefficient (Wildman–Crippen LogP) is 2.17. The summed E-state index contributed by atoms with van der Waals surface area (Å²) in [6.07, 6.45) is 9.65. The molecular weight excluding hydrogens is 252 g/mol. The van der Waals surface area contributed by atoms with Gasteiger partial charge in [-0.25, -0.2) is 4.98 Å². The van der Waals surface area contributed by atoms with Crippen molar-refractivity contribution in [2.75, 3.05) is 25.5 Å². The summed E-state index contributed by atoms with van der Waals surface area (Å²) in [5.74, 6) is 2.20. The second-order valence-electron chi connectivity index (χ2n) is 5.88. The fraction of sp³-hybridized carbons (Fsp3) is 0.667. The molecule has 1 saturated carbocycles. The Labute approximate surface area is 119 Å². The molecule has 5 nitrogen and oxygen atoms in total. The Bertz CT molecular complexity index is 491. The SMILES string of the molecule is CNc1cncc(C(=O)N2CCC3CCCCC3C2)n1. The zero-order valence-electron chi connectivity index (χ0n) is 12.0. The predicted molar refractivity (Wildman–Crippen MR) is 77.5 cm³/mol. The van der Waals surface area contributed by atoms with E-state index in [1.807, 2.05) is 4.90 Å². The summed E-state index contributed by atoms with van der Waals surface area (Å²) < 4.78 is 0. The second-order valence-corrected chi connectivity index (χ2v) is 5.88. The van der Waals surface area contributed by atoms with Gasteiger partial charge in [0, 0.05) is 20.1 Å². The number of amides is 1. The molecule has 1 amide bonds. The van der Waals surface area contributed by atoms with Crippen LogP contribution in [-0.4, -0.2) is 40.9 Å². The van der Waals surface area contributed by atoms with E-state index < -0.39 is 0 Å². The molecule has 0 radical (unpaired) electrons. The van der Waals surface area contributed by atoms with Crippen molar-refractivity contribution in [2.45, 2.75) is 32.1 Å². The minimum atomic E-state index is 0.0265. The highest BCUT2D eigenvalue weighted by molar-refractivity contribution is 5.92. The van der Waals surface area contributed by atoms with E-state index in [1.165, 1.54) is 25.7 Å². The maximum Gasteiger partial charge on any atom is 0.274 e. The van der Waals surface area contributed by atoms with Gasteiger partial charge in [0.05, 0.1) is 12.4 Å². The standard InChI is InChI=1S/C15H22N4O/c1-16-14-9-17-8-13(18-14)15(20)19-7-6-11-4-2-3-5-12(11)10-19/h8-9,11-12H,2-7,10H2,1H3,(H,16,18). The third-order valence-electron chi connectivity index (χ3n) is 4.69. The highest BCUT2D eigenvalue weighted by Crippen LogP contribution is 2.36. The van der Waals surface area contributed by atoms with Crippen molar-refractivity contribution in [3.05, 3.63) is 18.1 Å². The smallest absolute Gasteiger partial charge is 0.274 e. The van der Waals surface area contributed by atoms with Gasteiger partial charge in [-0.3, -0.25) is 9.78 Å². The Balaban J connectivity index is 1.70. The fourth-order valence-electron chi connectivity index (χ4n) is 3.54. The van der Waals surface area contributed by atoms with Gasteiger partial charge in [-0.2, -0.15) is 0 Å². The molecule has 2 unspecified atom stereocenters. The molecule has 0 bridgehead atoms. The average Bonchev–Trinajstić information content (AvgIpc) is 2.53. The zero-order chi connectivity index (χ0) is 13.9. The molecule has 0 spiro atoms. The van der Waals surface area contributed by atoms with Crippen LogP contribution < -0.4 is 5.32 Å². The summed E-state index contributed by atoms with van der Waals surface area (Å²) in [7, 11) is 1.78. The largest absolute Gasteiger partial charge is 0.372 e. The number of hydrogen-bond donors (Lipinski definition) is 1. The van der Waals surface area contributed by atoms with E-state index in [0.29, 0.717) is 17.4 Å². The van der Waals surface area contributed by atoms with Crippen LogP contribution in [0, 0.1) is 11.8 Å². The van der Waals surface area contributed by atoms with Crippen LogP contribution in [0.5, 0.6) is 0 Å². The van der Waals surface area contributed by atoms with E-state index >= 15 is 0 Å². The number of anilines is 1. The summed E-state index contributed by atoms with van der Waals surface area (Å²) in [6, 6.07) is 0. The molecular formula is C15H22N4O. The summed E-state index contributed by atoms with van der Waals surface area (Å²) in [5, 5.41) is 2.93. The molecule has 1 aromatic heterocycles. The quantitative estimate of drug-likeness (QED) is 0.898. The summed E-state index contributed by atoms with van der Waals surface area (Å²) in [6.45, 7) is 1.76. The summed E-state index contributed by atoms with van der Waals surface area (Å²) >= 11 is 0. The molecule has 1 aliphatic heterocycles. The molecule has 2 aliphatic rings. The first kappa shape index (κ1) is 13.3. The number of piperidine rings is 1. The van der Waals surface area contributed by atoms with Crippen LogP contribution in [0.4, 0.5) is 5.82 Å². The van der Waals surface area contributed by atoms with Gasteiger partial charge in [-0.15, -0.1) is 0 Å². The molecule has 1 aromatic rings. The molecule has 3 rings (SSSR count). The van der Waals surface area contributed by atoms with Crippen LogP contribution in [-0.2, 0) is 0 Å². The second kappa shape index (κ2) is 5.77. The van der Waals surface area contributed by atoms with Crippen LogP contribution in [0.1, 0.15) is 42.6 Å². The minimum absolute atomic E-state index is 0.0265. The van der Waals surface area contributed by atoms with Crippen LogP contribution in [0.3, 0.4) is 0 Å².